The Balaban J connectivity index is 0.00000121. The molecule has 0 heterocycles. The highest BCUT2D eigenvalue weighted by Gasteiger charge is 2.02. The zero-order chi connectivity index (χ0) is 8.10. The first-order valence-electron chi connectivity index (χ1n) is 3.27. The van der Waals surface area contributed by atoms with Crippen LogP contribution in [-0.4, -0.2) is 18.2 Å². The van der Waals surface area contributed by atoms with Crippen LogP contribution in [0, 0.1) is 0 Å². The van der Waals surface area contributed by atoms with Crippen LogP contribution in [0.3, 0.4) is 0 Å². The minimum atomic E-state index is -0.381. The zero-order valence-corrected chi connectivity index (χ0v) is 6.49. The number of rotatable bonds is 2. The summed E-state index contributed by atoms with van der Waals surface area (Å²) in [7, 11) is 0. The lowest BCUT2D eigenvalue weighted by Crippen LogP contribution is -2.11. The van der Waals surface area contributed by atoms with E-state index in [1.807, 2.05) is 6.07 Å². The third-order valence-electron chi connectivity index (χ3n) is 1.22. The Morgan fingerprint density at radius 1 is 1.33 bits per heavy atom. The molecule has 0 aliphatic carbocycles. The van der Waals surface area contributed by atoms with E-state index in [2.05, 4.69) is 4.74 Å². The van der Waals surface area contributed by atoms with Gasteiger partial charge in [0.15, 0.2) is 0 Å². The Kier molecular flexibility index (Phi) is 4.67. The minimum absolute atomic E-state index is 0. The van der Waals surface area contributed by atoms with Crippen molar-refractivity contribution in [3.63, 3.8) is 0 Å². The summed E-state index contributed by atoms with van der Waals surface area (Å²) in [6.07, 6.45) is 0. The van der Waals surface area contributed by atoms with Crippen molar-refractivity contribution in [2.24, 2.45) is 5.73 Å². The van der Waals surface area contributed by atoms with E-state index < -0.39 is 0 Å². The maximum Gasteiger partial charge on any atom is 0.339 e. The molecule has 0 saturated carbocycles. The number of hydrogen-bond donors (Lipinski definition) is 1. The van der Waals surface area contributed by atoms with E-state index in [9.17, 15) is 4.79 Å². The summed E-state index contributed by atoms with van der Waals surface area (Å²) >= 11 is 0. The van der Waals surface area contributed by atoms with Crippen LogP contribution in [0.25, 0.3) is 0 Å². The predicted molar refractivity (Wildman–Crippen MR) is 44.5 cm³/mol. The normalized spacial score (nSPS) is 8.42. The summed E-state index contributed by atoms with van der Waals surface area (Å²) in [5.74, 6) is -0.381. The van der Waals surface area contributed by atoms with E-state index in [0.717, 1.165) is 0 Å². The SMILES string of the molecule is NCOC(=O)c1ccccc1.O. The zero-order valence-electron chi connectivity index (χ0n) is 6.49. The highest BCUT2D eigenvalue weighted by Crippen LogP contribution is 1.99. The van der Waals surface area contributed by atoms with Gasteiger partial charge >= 0.3 is 5.97 Å². The van der Waals surface area contributed by atoms with Crippen LogP contribution in [0.15, 0.2) is 30.3 Å². The molecule has 0 radical (unpaired) electrons. The molecule has 1 rings (SSSR count). The van der Waals surface area contributed by atoms with Crippen molar-refractivity contribution in [3.8, 4) is 0 Å². The van der Waals surface area contributed by atoms with Crippen LogP contribution in [-0.2, 0) is 4.74 Å². The average molecular weight is 169 g/mol. The fourth-order valence-electron chi connectivity index (χ4n) is 0.733. The monoisotopic (exact) mass is 169 g/mol. The van der Waals surface area contributed by atoms with E-state index in [4.69, 9.17) is 5.73 Å². The number of nitrogens with two attached hydrogens (primary N) is 1. The van der Waals surface area contributed by atoms with E-state index in [0.29, 0.717) is 5.56 Å². The molecular weight excluding hydrogens is 158 g/mol. The van der Waals surface area contributed by atoms with Crippen LogP contribution in [0.5, 0.6) is 0 Å². The third kappa shape index (κ3) is 2.69. The molecule has 0 unspecified atom stereocenters. The number of benzene rings is 1. The molecule has 12 heavy (non-hydrogen) atoms. The Hall–Kier alpha value is -1.39. The first-order valence-corrected chi connectivity index (χ1v) is 3.27. The molecule has 0 saturated heterocycles. The first-order chi connectivity index (χ1) is 5.34. The molecule has 1 aromatic rings. The van der Waals surface area contributed by atoms with Crippen molar-refractivity contribution < 1.29 is 15.0 Å². The second kappa shape index (κ2) is 5.29. The first kappa shape index (κ1) is 10.6. The van der Waals surface area contributed by atoms with Crippen LogP contribution >= 0.6 is 0 Å². The Labute approximate surface area is 70.3 Å². The largest absolute Gasteiger partial charge is 0.446 e. The molecule has 1 aromatic carbocycles. The van der Waals surface area contributed by atoms with Gasteiger partial charge in [0.1, 0.15) is 6.73 Å². The summed E-state index contributed by atoms with van der Waals surface area (Å²) in [4.78, 5) is 10.9. The van der Waals surface area contributed by atoms with Crippen LogP contribution in [0.4, 0.5) is 0 Å². The van der Waals surface area contributed by atoms with Crippen LogP contribution in [0.1, 0.15) is 10.4 Å². The number of carbonyl (C=O) groups excluding carboxylic acids is 1. The standard InChI is InChI=1S/C8H9NO2.H2O/c9-6-11-8(10)7-4-2-1-3-5-7;/h1-5H,6,9H2;1H2. The van der Waals surface area contributed by atoms with E-state index in [-0.39, 0.29) is 18.2 Å². The van der Waals surface area contributed by atoms with Gasteiger partial charge in [0.2, 0.25) is 0 Å². The minimum Gasteiger partial charge on any atom is -0.446 e. The third-order valence-corrected chi connectivity index (χ3v) is 1.22. The number of esters is 1. The van der Waals surface area contributed by atoms with Gasteiger partial charge in [0, 0.05) is 0 Å². The van der Waals surface area contributed by atoms with Crippen molar-refractivity contribution in [1.29, 1.82) is 0 Å². The number of ether oxygens (including phenoxy) is 1. The second-order valence-electron chi connectivity index (χ2n) is 1.96. The van der Waals surface area contributed by atoms with Crippen LogP contribution in [0.2, 0.25) is 0 Å². The molecular formula is C8H11NO3. The average Bonchev–Trinajstić information content (AvgIpc) is 2.07. The quantitative estimate of drug-likeness (QED) is 0.497. The van der Waals surface area contributed by atoms with E-state index >= 15 is 0 Å². The molecule has 0 amide bonds. The molecule has 0 aliphatic rings. The Morgan fingerprint density at radius 2 is 1.92 bits per heavy atom. The van der Waals surface area contributed by atoms with Gasteiger partial charge in [-0.3, -0.25) is 5.73 Å². The van der Waals surface area contributed by atoms with Crippen molar-refractivity contribution in [2.45, 2.75) is 0 Å². The van der Waals surface area contributed by atoms with E-state index in [1.165, 1.54) is 0 Å². The van der Waals surface area contributed by atoms with Crippen molar-refractivity contribution in [1.82, 2.24) is 0 Å². The van der Waals surface area contributed by atoms with Gasteiger partial charge in [-0.1, -0.05) is 18.2 Å². The van der Waals surface area contributed by atoms with Gasteiger partial charge < -0.3 is 10.2 Å². The molecule has 0 spiro atoms. The molecule has 0 bridgehead atoms. The summed E-state index contributed by atoms with van der Waals surface area (Å²) in [5, 5.41) is 0. The molecule has 0 atom stereocenters. The predicted octanol–water partition coefficient (Wildman–Crippen LogP) is -0.0651. The van der Waals surface area contributed by atoms with Crippen LogP contribution < -0.4 is 5.73 Å². The fraction of sp³-hybridized carbons (Fsp3) is 0.125. The van der Waals surface area contributed by atoms with Gasteiger partial charge in [0.25, 0.3) is 0 Å². The summed E-state index contributed by atoms with van der Waals surface area (Å²) in [5.41, 5.74) is 5.55. The summed E-state index contributed by atoms with van der Waals surface area (Å²) < 4.78 is 4.57. The smallest absolute Gasteiger partial charge is 0.339 e. The van der Waals surface area contributed by atoms with E-state index in [1.54, 1.807) is 24.3 Å². The second-order valence-corrected chi connectivity index (χ2v) is 1.96. The maximum absolute atomic E-state index is 10.9. The maximum atomic E-state index is 10.9. The molecule has 4 heteroatoms. The van der Waals surface area contributed by atoms with Gasteiger partial charge in [-0.15, -0.1) is 0 Å². The topological polar surface area (TPSA) is 83.8 Å². The Bertz CT molecular complexity index is 235. The molecule has 0 aromatic heterocycles. The summed E-state index contributed by atoms with van der Waals surface area (Å²) in [6.45, 7) is -0.0757. The summed E-state index contributed by atoms with van der Waals surface area (Å²) in [6, 6.07) is 8.73. The molecule has 4 N–H and O–H groups in total. The lowest BCUT2D eigenvalue weighted by Gasteiger charge is -1.99. The van der Waals surface area contributed by atoms with Gasteiger partial charge in [0.05, 0.1) is 5.56 Å². The van der Waals surface area contributed by atoms with Crippen molar-refractivity contribution >= 4 is 5.97 Å². The highest BCUT2D eigenvalue weighted by molar-refractivity contribution is 5.89. The van der Waals surface area contributed by atoms with Crippen molar-refractivity contribution in [3.05, 3.63) is 35.9 Å². The number of carbonyl (C=O) groups is 1. The highest BCUT2D eigenvalue weighted by atomic mass is 16.5. The lowest BCUT2D eigenvalue weighted by atomic mass is 10.2. The molecule has 66 valence electrons. The van der Waals surface area contributed by atoms with Gasteiger partial charge in [-0.05, 0) is 12.1 Å². The van der Waals surface area contributed by atoms with Gasteiger partial charge in [-0.2, -0.15) is 0 Å². The number of hydrogen-bond acceptors (Lipinski definition) is 3. The molecule has 0 fully saturated rings. The lowest BCUT2D eigenvalue weighted by molar-refractivity contribution is 0.0515. The van der Waals surface area contributed by atoms with Gasteiger partial charge in [-0.25, -0.2) is 4.79 Å². The molecule has 4 nitrogen and oxygen atoms in total. The fourth-order valence-corrected chi connectivity index (χ4v) is 0.733. The van der Waals surface area contributed by atoms with Crippen molar-refractivity contribution in [2.75, 3.05) is 6.73 Å². The Morgan fingerprint density at radius 3 is 2.42 bits per heavy atom. The molecule has 0 aliphatic heterocycles.